The van der Waals surface area contributed by atoms with Crippen LogP contribution in [0.25, 0.3) is 0 Å². The van der Waals surface area contributed by atoms with Crippen molar-refractivity contribution in [1.29, 1.82) is 0 Å². The van der Waals surface area contributed by atoms with Gasteiger partial charge in [-0.1, -0.05) is 51.0 Å². The highest BCUT2D eigenvalue weighted by Crippen LogP contribution is 2.50. The second kappa shape index (κ2) is 8.44. The molecule has 5 nitrogen and oxygen atoms in total. The van der Waals surface area contributed by atoms with Gasteiger partial charge in [0.2, 0.25) is 0 Å². The molecular weight excluding hydrogens is 408 g/mol. The highest BCUT2D eigenvalue weighted by molar-refractivity contribution is 5.43. The van der Waals surface area contributed by atoms with Gasteiger partial charge in [-0.25, -0.2) is 0 Å². The Labute approximate surface area is 197 Å². The number of hydrogen-bond acceptors (Lipinski definition) is 4. The minimum absolute atomic E-state index is 0.348. The molecule has 0 unspecified atom stereocenters. The number of rotatable bonds is 5. The molecule has 33 heavy (non-hydrogen) atoms. The predicted molar refractivity (Wildman–Crippen MR) is 132 cm³/mol. The summed E-state index contributed by atoms with van der Waals surface area (Å²) in [4.78, 5) is 2.22. The minimum Gasteiger partial charge on any atom is -0.380 e. The van der Waals surface area contributed by atoms with Gasteiger partial charge in [-0.05, 0) is 62.1 Å². The van der Waals surface area contributed by atoms with Crippen LogP contribution in [-0.2, 0) is 11.1 Å². The Hall–Kier alpha value is -2.94. The monoisotopic (exact) mass is 442 g/mol. The zero-order valence-electron chi connectivity index (χ0n) is 20.5. The Morgan fingerprint density at radius 3 is 2.27 bits per heavy atom. The molecule has 0 saturated carbocycles. The number of aromatic nitrogens is 3. The lowest BCUT2D eigenvalue weighted by atomic mass is 9.62. The Balaban J connectivity index is 1.76. The van der Waals surface area contributed by atoms with Crippen LogP contribution in [0.4, 0.5) is 0 Å². The van der Waals surface area contributed by atoms with E-state index in [4.69, 9.17) is 0 Å². The summed E-state index contributed by atoms with van der Waals surface area (Å²) in [5.74, 6) is 6.94. The van der Waals surface area contributed by atoms with Gasteiger partial charge in [0.15, 0.2) is 0 Å². The van der Waals surface area contributed by atoms with Gasteiger partial charge in [-0.2, -0.15) is 5.10 Å². The summed E-state index contributed by atoms with van der Waals surface area (Å²) in [6.45, 7) is 12.2. The minimum atomic E-state index is -1.20. The lowest BCUT2D eigenvalue weighted by Gasteiger charge is -2.55. The van der Waals surface area contributed by atoms with Crippen molar-refractivity contribution in [2.24, 2.45) is 5.41 Å². The van der Waals surface area contributed by atoms with Crippen molar-refractivity contribution in [1.82, 2.24) is 19.7 Å². The van der Waals surface area contributed by atoms with Crippen LogP contribution in [0.3, 0.4) is 0 Å². The number of hydrogen-bond donors (Lipinski definition) is 1. The molecule has 2 aromatic heterocycles. The zero-order valence-corrected chi connectivity index (χ0v) is 20.5. The van der Waals surface area contributed by atoms with E-state index in [-0.39, 0.29) is 11.0 Å². The molecule has 172 valence electrons. The Bertz CT molecular complexity index is 1160. The fourth-order valence-corrected chi connectivity index (χ4v) is 4.96. The molecule has 5 heteroatoms. The summed E-state index contributed by atoms with van der Waals surface area (Å²) in [6.07, 6.45) is 5.69. The standard InChI is InChI=1S/C28H34N4O/c1-21(2)22-9-11-23(12-10-22)28(33,27(5)19-31(6)20-27)24-17-25(30-29-18-24)13-14-26(3,4)32-15-7-8-16-32/h7-12,15-18,21,33H,19-20H2,1-6H3/t28-/m0/s1. The lowest BCUT2D eigenvalue weighted by Crippen LogP contribution is -2.63. The third kappa shape index (κ3) is 4.21. The van der Waals surface area contributed by atoms with Gasteiger partial charge in [0.25, 0.3) is 0 Å². The highest BCUT2D eigenvalue weighted by atomic mass is 16.3. The first kappa shape index (κ1) is 23.2. The van der Waals surface area contributed by atoms with E-state index in [9.17, 15) is 5.11 Å². The summed E-state index contributed by atoms with van der Waals surface area (Å²) in [5, 5.41) is 20.8. The normalized spacial score (nSPS) is 17.7. The molecule has 0 bridgehead atoms. The zero-order chi connectivity index (χ0) is 23.9. The predicted octanol–water partition coefficient (Wildman–Crippen LogP) is 4.38. The van der Waals surface area contributed by atoms with E-state index in [2.05, 4.69) is 97.4 Å². The van der Waals surface area contributed by atoms with E-state index >= 15 is 0 Å². The van der Waals surface area contributed by atoms with Gasteiger partial charge in [-0.3, -0.25) is 0 Å². The fraction of sp³-hybridized carbons (Fsp3) is 0.429. The first-order valence-corrected chi connectivity index (χ1v) is 11.6. The third-order valence-electron chi connectivity index (χ3n) is 6.93. The van der Waals surface area contributed by atoms with Crippen LogP contribution in [0.5, 0.6) is 0 Å². The molecule has 1 aromatic carbocycles. The molecule has 3 aromatic rings. The Kier molecular flexibility index (Phi) is 5.94. The van der Waals surface area contributed by atoms with Crippen LogP contribution in [-0.4, -0.2) is 44.9 Å². The number of aliphatic hydroxyl groups is 1. The molecule has 0 aliphatic carbocycles. The van der Waals surface area contributed by atoms with Crippen molar-refractivity contribution in [3.63, 3.8) is 0 Å². The van der Waals surface area contributed by atoms with Gasteiger partial charge in [-0.15, -0.1) is 5.10 Å². The van der Waals surface area contributed by atoms with Crippen molar-refractivity contribution >= 4 is 0 Å². The van der Waals surface area contributed by atoms with Gasteiger partial charge >= 0.3 is 0 Å². The molecular formula is C28H34N4O. The molecule has 1 atom stereocenters. The fourth-order valence-electron chi connectivity index (χ4n) is 4.96. The average Bonchev–Trinajstić information content (AvgIpc) is 3.32. The molecule has 1 aliphatic rings. The van der Waals surface area contributed by atoms with Crippen molar-refractivity contribution < 1.29 is 5.11 Å². The summed E-state index contributed by atoms with van der Waals surface area (Å²) < 4.78 is 2.06. The molecule has 1 aliphatic heterocycles. The van der Waals surface area contributed by atoms with Crippen molar-refractivity contribution in [3.05, 3.63) is 83.4 Å². The SMILES string of the molecule is CC(C)c1ccc([C@](O)(c2cnnc(C#CC(C)(C)n3cccc3)c2)C2(C)CN(C)C2)cc1. The molecule has 3 heterocycles. The van der Waals surface area contributed by atoms with Crippen molar-refractivity contribution in [3.8, 4) is 11.8 Å². The van der Waals surface area contributed by atoms with Crippen LogP contribution < -0.4 is 0 Å². The molecule has 0 radical (unpaired) electrons. The van der Waals surface area contributed by atoms with E-state index in [0.29, 0.717) is 11.6 Å². The maximum Gasteiger partial charge on any atom is 0.136 e. The molecule has 1 N–H and O–H groups in total. The van der Waals surface area contributed by atoms with Gasteiger partial charge in [0, 0.05) is 36.5 Å². The van der Waals surface area contributed by atoms with Crippen molar-refractivity contribution in [2.75, 3.05) is 20.1 Å². The van der Waals surface area contributed by atoms with Gasteiger partial charge in [0.05, 0.1) is 11.7 Å². The summed E-state index contributed by atoms with van der Waals surface area (Å²) >= 11 is 0. The van der Waals surface area contributed by atoms with E-state index in [0.717, 1.165) is 24.2 Å². The van der Waals surface area contributed by atoms with E-state index < -0.39 is 5.60 Å². The smallest absolute Gasteiger partial charge is 0.136 e. The van der Waals surface area contributed by atoms with Crippen LogP contribution in [0, 0.1) is 17.3 Å². The molecule has 1 fully saturated rings. The van der Waals surface area contributed by atoms with Crippen LogP contribution >= 0.6 is 0 Å². The lowest BCUT2D eigenvalue weighted by molar-refractivity contribution is -0.127. The molecule has 4 rings (SSSR count). The second-order valence-electron chi connectivity index (χ2n) is 10.4. The summed E-state index contributed by atoms with van der Waals surface area (Å²) in [7, 11) is 2.08. The summed E-state index contributed by atoms with van der Waals surface area (Å²) in [6, 6.07) is 14.2. The number of benzene rings is 1. The maximum absolute atomic E-state index is 12.3. The second-order valence-corrected chi connectivity index (χ2v) is 10.4. The van der Waals surface area contributed by atoms with E-state index in [1.165, 1.54) is 5.56 Å². The highest BCUT2D eigenvalue weighted by Gasteiger charge is 2.55. The quantitative estimate of drug-likeness (QED) is 0.596. The molecule has 0 amide bonds. The topological polar surface area (TPSA) is 54.2 Å². The van der Waals surface area contributed by atoms with Crippen LogP contribution in [0.2, 0.25) is 0 Å². The number of likely N-dealkylation sites (tertiary alicyclic amines) is 1. The number of nitrogens with zero attached hydrogens (tertiary/aromatic N) is 4. The Morgan fingerprint density at radius 1 is 1.06 bits per heavy atom. The first-order valence-electron chi connectivity index (χ1n) is 11.6. The third-order valence-corrected chi connectivity index (χ3v) is 6.93. The first-order chi connectivity index (χ1) is 15.5. The molecule has 0 spiro atoms. The maximum atomic E-state index is 12.3. The van der Waals surface area contributed by atoms with Gasteiger partial charge in [0.1, 0.15) is 11.3 Å². The summed E-state index contributed by atoms with van der Waals surface area (Å²) in [5.41, 5.74) is 1.49. The Morgan fingerprint density at radius 2 is 1.70 bits per heavy atom. The van der Waals surface area contributed by atoms with Crippen LogP contribution in [0.1, 0.15) is 62.9 Å². The largest absolute Gasteiger partial charge is 0.380 e. The van der Waals surface area contributed by atoms with Crippen molar-refractivity contribution in [2.45, 2.75) is 51.7 Å². The average molecular weight is 443 g/mol. The van der Waals surface area contributed by atoms with E-state index in [1.807, 2.05) is 30.6 Å². The van der Waals surface area contributed by atoms with E-state index in [1.54, 1.807) is 6.20 Å². The van der Waals surface area contributed by atoms with Gasteiger partial charge < -0.3 is 14.6 Å². The van der Waals surface area contributed by atoms with Crippen LogP contribution in [0.15, 0.2) is 61.1 Å². The molecule has 1 saturated heterocycles.